The molecule has 120 valence electrons. The molecule has 1 saturated heterocycles. The van der Waals surface area contributed by atoms with Gasteiger partial charge in [-0.15, -0.1) is 0 Å². The molecule has 0 N–H and O–H groups in total. The summed E-state index contributed by atoms with van der Waals surface area (Å²) >= 11 is 0. The fourth-order valence-electron chi connectivity index (χ4n) is 2.54. The third-order valence-corrected chi connectivity index (χ3v) is 5.74. The zero-order valence-corrected chi connectivity index (χ0v) is 13.7. The summed E-state index contributed by atoms with van der Waals surface area (Å²) in [4.78, 5) is 13.5. The van der Waals surface area contributed by atoms with Gasteiger partial charge in [0.15, 0.2) is 0 Å². The molecule has 1 aromatic carbocycles. The Balaban J connectivity index is 2.08. The molecule has 0 spiro atoms. The van der Waals surface area contributed by atoms with Crippen LogP contribution in [0.4, 0.5) is 0 Å². The first-order valence-electron chi connectivity index (χ1n) is 7.49. The second-order valence-electron chi connectivity index (χ2n) is 5.33. The van der Waals surface area contributed by atoms with E-state index in [1.807, 2.05) is 12.1 Å². The summed E-state index contributed by atoms with van der Waals surface area (Å²) in [6, 6.07) is 7.07. The fourth-order valence-corrected chi connectivity index (χ4v) is 3.97. The molecule has 1 heterocycles. The summed E-state index contributed by atoms with van der Waals surface area (Å²) in [5, 5.41) is 0. The average Bonchev–Trinajstić information content (AvgIpc) is 2.55. The van der Waals surface area contributed by atoms with Crippen molar-refractivity contribution in [2.45, 2.75) is 24.7 Å². The van der Waals surface area contributed by atoms with E-state index >= 15 is 0 Å². The highest BCUT2D eigenvalue weighted by Crippen LogP contribution is 2.19. The number of nitrogens with zero attached hydrogens (tertiary/aromatic N) is 2. The van der Waals surface area contributed by atoms with Crippen LogP contribution in [0.3, 0.4) is 0 Å². The number of sulfonamides is 1. The average molecular weight is 322 g/mol. The van der Waals surface area contributed by atoms with E-state index in [0.717, 1.165) is 18.4 Å². The van der Waals surface area contributed by atoms with Gasteiger partial charge in [-0.05, 0) is 30.2 Å². The van der Waals surface area contributed by atoms with Crippen LogP contribution in [0.15, 0.2) is 41.8 Å². The molecule has 0 saturated carbocycles. The van der Waals surface area contributed by atoms with Crippen LogP contribution < -0.4 is 0 Å². The smallest absolute Gasteiger partial charge is 0.246 e. The van der Waals surface area contributed by atoms with E-state index in [1.54, 1.807) is 17.0 Å². The number of hydrogen-bond acceptors (Lipinski definition) is 3. The highest BCUT2D eigenvalue weighted by atomic mass is 32.2. The lowest BCUT2D eigenvalue weighted by Crippen LogP contribution is -2.50. The van der Waals surface area contributed by atoms with E-state index in [2.05, 4.69) is 13.5 Å². The van der Waals surface area contributed by atoms with Gasteiger partial charge in [-0.25, -0.2) is 8.42 Å². The first-order valence-corrected chi connectivity index (χ1v) is 8.93. The lowest BCUT2D eigenvalue weighted by Gasteiger charge is -2.33. The molecule has 6 heteroatoms. The van der Waals surface area contributed by atoms with E-state index in [9.17, 15) is 13.2 Å². The molecule has 0 bridgehead atoms. The SMILES string of the molecule is C=CC(=O)N1CCN(S(=O)(=O)c2ccc(CCC)cc2)CC1. The van der Waals surface area contributed by atoms with E-state index in [0.29, 0.717) is 31.1 Å². The second-order valence-corrected chi connectivity index (χ2v) is 7.27. The number of benzene rings is 1. The number of carbonyl (C=O) groups is 1. The molecule has 0 aromatic heterocycles. The Bertz CT molecular complexity index is 630. The Morgan fingerprint density at radius 3 is 2.27 bits per heavy atom. The first kappa shape index (κ1) is 16.7. The number of aryl methyl sites for hydroxylation is 1. The summed E-state index contributed by atoms with van der Waals surface area (Å²) in [6.07, 6.45) is 3.24. The minimum absolute atomic E-state index is 0.152. The van der Waals surface area contributed by atoms with Crippen LogP contribution in [0.2, 0.25) is 0 Å². The normalized spacial score (nSPS) is 16.5. The topological polar surface area (TPSA) is 57.7 Å². The van der Waals surface area contributed by atoms with Crippen LogP contribution in [0.25, 0.3) is 0 Å². The minimum atomic E-state index is -3.48. The number of rotatable bonds is 5. The first-order chi connectivity index (χ1) is 10.5. The number of amides is 1. The molecule has 5 nitrogen and oxygen atoms in total. The Hall–Kier alpha value is -1.66. The maximum Gasteiger partial charge on any atom is 0.246 e. The van der Waals surface area contributed by atoms with E-state index < -0.39 is 10.0 Å². The highest BCUT2D eigenvalue weighted by Gasteiger charge is 2.29. The second kappa shape index (κ2) is 7.07. The fraction of sp³-hybridized carbons (Fsp3) is 0.438. The summed E-state index contributed by atoms with van der Waals surface area (Å²) in [7, 11) is -3.48. The van der Waals surface area contributed by atoms with Crippen LogP contribution >= 0.6 is 0 Å². The molecule has 2 rings (SSSR count). The van der Waals surface area contributed by atoms with Crippen LogP contribution in [0, 0.1) is 0 Å². The standard InChI is InChI=1S/C16H22N2O3S/c1-3-5-14-6-8-15(9-7-14)22(20,21)18-12-10-17(11-13-18)16(19)4-2/h4,6-9H,2-3,5,10-13H2,1H3. The van der Waals surface area contributed by atoms with E-state index in [-0.39, 0.29) is 5.91 Å². The van der Waals surface area contributed by atoms with Gasteiger partial charge in [0.25, 0.3) is 0 Å². The number of piperazine rings is 1. The van der Waals surface area contributed by atoms with Crippen molar-refractivity contribution in [3.8, 4) is 0 Å². The van der Waals surface area contributed by atoms with Gasteiger partial charge < -0.3 is 4.90 Å². The quantitative estimate of drug-likeness (QED) is 0.775. The van der Waals surface area contributed by atoms with Crippen molar-refractivity contribution in [1.29, 1.82) is 0 Å². The molecule has 0 unspecified atom stereocenters. The van der Waals surface area contributed by atoms with Gasteiger partial charge >= 0.3 is 0 Å². The van der Waals surface area contributed by atoms with Gasteiger partial charge in [-0.1, -0.05) is 32.1 Å². The molecule has 1 amide bonds. The van der Waals surface area contributed by atoms with Gasteiger partial charge in [0, 0.05) is 26.2 Å². The van der Waals surface area contributed by atoms with Crippen molar-refractivity contribution in [3.05, 3.63) is 42.5 Å². The molecular weight excluding hydrogens is 300 g/mol. The lowest BCUT2D eigenvalue weighted by atomic mass is 10.1. The van der Waals surface area contributed by atoms with Crippen molar-refractivity contribution in [1.82, 2.24) is 9.21 Å². The Morgan fingerprint density at radius 1 is 1.18 bits per heavy atom. The molecule has 22 heavy (non-hydrogen) atoms. The Kier molecular flexibility index (Phi) is 5.37. The van der Waals surface area contributed by atoms with Crippen LogP contribution in [-0.2, 0) is 21.2 Å². The van der Waals surface area contributed by atoms with E-state index in [1.165, 1.54) is 10.4 Å². The third kappa shape index (κ3) is 3.56. The molecule has 1 aliphatic rings. The van der Waals surface area contributed by atoms with Crippen molar-refractivity contribution in [2.75, 3.05) is 26.2 Å². The summed E-state index contributed by atoms with van der Waals surface area (Å²) in [5.41, 5.74) is 1.14. The van der Waals surface area contributed by atoms with Crippen molar-refractivity contribution >= 4 is 15.9 Å². The van der Waals surface area contributed by atoms with Crippen LogP contribution in [0.1, 0.15) is 18.9 Å². The predicted octanol–water partition coefficient (Wildman–Crippen LogP) is 1.66. The zero-order chi connectivity index (χ0) is 16.2. The monoisotopic (exact) mass is 322 g/mol. The maximum absolute atomic E-state index is 12.6. The highest BCUT2D eigenvalue weighted by molar-refractivity contribution is 7.89. The lowest BCUT2D eigenvalue weighted by molar-refractivity contribution is -0.127. The van der Waals surface area contributed by atoms with Crippen molar-refractivity contribution in [3.63, 3.8) is 0 Å². The Morgan fingerprint density at radius 2 is 1.77 bits per heavy atom. The Labute approximate surface area is 132 Å². The number of hydrogen-bond donors (Lipinski definition) is 0. The minimum Gasteiger partial charge on any atom is -0.337 e. The largest absolute Gasteiger partial charge is 0.337 e. The molecule has 0 atom stereocenters. The molecule has 1 aromatic rings. The predicted molar refractivity (Wildman–Crippen MR) is 86.0 cm³/mol. The van der Waals surface area contributed by atoms with Gasteiger partial charge in [0.2, 0.25) is 15.9 Å². The van der Waals surface area contributed by atoms with Crippen molar-refractivity contribution < 1.29 is 13.2 Å². The molecule has 0 aliphatic carbocycles. The zero-order valence-electron chi connectivity index (χ0n) is 12.9. The summed E-state index contributed by atoms with van der Waals surface area (Å²) < 4.78 is 26.6. The van der Waals surface area contributed by atoms with Crippen LogP contribution in [0.5, 0.6) is 0 Å². The summed E-state index contributed by atoms with van der Waals surface area (Å²) in [6.45, 7) is 6.98. The van der Waals surface area contributed by atoms with E-state index in [4.69, 9.17) is 0 Å². The van der Waals surface area contributed by atoms with Crippen molar-refractivity contribution in [2.24, 2.45) is 0 Å². The molecular formula is C16H22N2O3S. The molecule has 1 aliphatic heterocycles. The van der Waals surface area contributed by atoms with Gasteiger partial charge in [0.1, 0.15) is 0 Å². The van der Waals surface area contributed by atoms with Gasteiger partial charge in [0.05, 0.1) is 4.90 Å². The maximum atomic E-state index is 12.6. The van der Waals surface area contributed by atoms with Gasteiger partial charge in [-0.2, -0.15) is 4.31 Å². The van der Waals surface area contributed by atoms with Crippen LogP contribution in [-0.4, -0.2) is 49.7 Å². The third-order valence-electron chi connectivity index (χ3n) is 3.82. The molecule has 1 fully saturated rings. The summed E-state index contributed by atoms with van der Waals surface area (Å²) in [5.74, 6) is -0.152. The number of carbonyl (C=O) groups excluding carboxylic acids is 1. The van der Waals surface area contributed by atoms with Gasteiger partial charge in [-0.3, -0.25) is 4.79 Å². The molecule has 0 radical (unpaired) electrons.